The molecule has 2 aliphatic heterocycles. The summed E-state index contributed by atoms with van der Waals surface area (Å²) in [5.74, 6) is -0.644. The average Bonchev–Trinajstić information content (AvgIpc) is 2.72. The van der Waals surface area contributed by atoms with Crippen molar-refractivity contribution < 1.29 is 18.8 Å². The standard InChI is InChI=1S/C20H17ClFN3O3S/c21-15-10-13(22)2-3-14(15)20(28)25-7-5-24(6-8-25)19(27)12-1-4-17-16(9-12)23-18(26)11-29-17/h1-4,9-10H,5-8,11H2,(H,23,26). The van der Waals surface area contributed by atoms with E-state index in [1.165, 1.54) is 23.9 Å². The van der Waals surface area contributed by atoms with Gasteiger partial charge in [-0.05, 0) is 36.4 Å². The summed E-state index contributed by atoms with van der Waals surface area (Å²) in [4.78, 5) is 41.3. The number of piperazine rings is 1. The number of rotatable bonds is 2. The predicted octanol–water partition coefficient (Wildman–Crippen LogP) is 3.12. The highest BCUT2D eigenvalue weighted by Crippen LogP contribution is 2.32. The number of benzene rings is 2. The van der Waals surface area contributed by atoms with Gasteiger partial charge in [-0.1, -0.05) is 11.6 Å². The molecular formula is C20H17ClFN3O3S. The van der Waals surface area contributed by atoms with Gasteiger partial charge in [-0.3, -0.25) is 14.4 Å². The van der Waals surface area contributed by atoms with Crippen LogP contribution in [-0.4, -0.2) is 59.5 Å². The van der Waals surface area contributed by atoms with E-state index in [0.717, 1.165) is 11.0 Å². The molecule has 150 valence electrons. The Morgan fingerprint density at radius 3 is 2.38 bits per heavy atom. The molecule has 0 atom stereocenters. The second kappa shape index (κ2) is 8.04. The van der Waals surface area contributed by atoms with Gasteiger partial charge in [0.05, 0.1) is 22.0 Å². The van der Waals surface area contributed by atoms with Crippen molar-refractivity contribution in [2.75, 3.05) is 37.2 Å². The molecule has 0 radical (unpaired) electrons. The zero-order valence-electron chi connectivity index (χ0n) is 15.3. The lowest BCUT2D eigenvalue weighted by Gasteiger charge is -2.35. The van der Waals surface area contributed by atoms with Crippen molar-refractivity contribution in [2.24, 2.45) is 0 Å². The number of carbonyl (C=O) groups excluding carboxylic acids is 3. The second-order valence-corrected chi connectivity index (χ2v) is 8.18. The first-order valence-electron chi connectivity index (χ1n) is 9.02. The van der Waals surface area contributed by atoms with Gasteiger partial charge in [0, 0.05) is 36.6 Å². The lowest BCUT2D eigenvalue weighted by molar-refractivity contribution is -0.113. The molecule has 0 unspecified atom stereocenters. The molecule has 1 fully saturated rings. The van der Waals surface area contributed by atoms with E-state index in [0.29, 0.717) is 43.2 Å². The van der Waals surface area contributed by atoms with Gasteiger partial charge in [0.15, 0.2) is 0 Å². The highest BCUT2D eigenvalue weighted by Gasteiger charge is 2.27. The van der Waals surface area contributed by atoms with Gasteiger partial charge in [0.1, 0.15) is 5.82 Å². The number of amides is 3. The topological polar surface area (TPSA) is 69.7 Å². The molecule has 1 saturated heterocycles. The third kappa shape index (κ3) is 4.09. The fourth-order valence-electron chi connectivity index (χ4n) is 3.34. The molecule has 2 aliphatic rings. The first-order valence-corrected chi connectivity index (χ1v) is 10.4. The number of hydrogen-bond donors (Lipinski definition) is 1. The minimum Gasteiger partial charge on any atom is -0.335 e. The molecule has 9 heteroatoms. The average molecular weight is 434 g/mol. The van der Waals surface area contributed by atoms with Crippen LogP contribution in [0.5, 0.6) is 0 Å². The largest absolute Gasteiger partial charge is 0.335 e. The molecule has 29 heavy (non-hydrogen) atoms. The van der Waals surface area contributed by atoms with Crippen molar-refractivity contribution in [3.63, 3.8) is 0 Å². The SMILES string of the molecule is O=C1CSc2ccc(C(=O)N3CCN(C(=O)c4ccc(F)cc4Cl)CC3)cc2N1. The van der Waals surface area contributed by atoms with Gasteiger partial charge in [-0.2, -0.15) is 0 Å². The summed E-state index contributed by atoms with van der Waals surface area (Å²) in [6.45, 7) is 1.47. The number of anilines is 1. The number of thioether (sulfide) groups is 1. The molecule has 0 bridgehead atoms. The maximum atomic E-state index is 13.2. The summed E-state index contributed by atoms with van der Waals surface area (Å²) in [6, 6.07) is 8.96. The van der Waals surface area contributed by atoms with Crippen LogP contribution in [-0.2, 0) is 4.79 Å². The Morgan fingerprint density at radius 2 is 1.69 bits per heavy atom. The molecule has 0 spiro atoms. The van der Waals surface area contributed by atoms with E-state index < -0.39 is 5.82 Å². The van der Waals surface area contributed by atoms with Crippen LogP contribution in [0, 0.1) is 5.82 Å². The molecule has 2 heterocycles. The Balaban J connectivity index is 1.42. The number of nitrogens with zero attached hydrogens (tertiary/aromatic N) is 2. The molecule has 0 aromatic heterocycles. The van der Waals surface area contributed by atoms with Gasteiger partial charge in [0.2, 0.25) is 5.91 Å². The van der Waals surface area contributed by atoms with Crippen molar-refractivity contribution in [3.05, 3.63) is 58.4 Å². The van der Waals surface area contributed by atoms with Gasteiger partial charge in [-0.15, -0.1) is 11.8 Å². The minimum atomic E-state index is -0.499. The van der Waals surface area contributed by atoms with Crippen molar-refractivity contribution in [2.45, 2.75) is 4.90 Å². The van der Waals surface area contributed by atoms with E-state index in [4.69, 9.17) is 11.6 Å². The van der Waals surface area contributed by atoms with Crippen LogP contribution >= 0.6 is 23.4 Å². The number of carbonyl (C=O) groups is 3. The molecule has 2 aromatic carbocycles. The first kappa shape index (κ1) is 19.7. The monoisotopic (exact) mass is 433 g/mol. The van der Waals surface area contributed by atoms with E-state index in [9.17, 15) is 18.8 Å². The van der Waals surface area contributed by atoms with Gasteiger partial charge < -0.3 is 15.1 Å². The van der Waals surface area contributed by atoms with Gasteiger partial charge in [0.25, 0.3) is 11.8 Å². The molecule has 1 N–H and O–H groups in total. The zero-order chi connectivity index (χ0) is 20.5. The van der Waals surface area contributed by atoms with Crippen molar-refractivity contribution in [3.8, 4) is 0 Å². The van der Waals surface area contributed by atoms with Crippen LogP contribution in [0.4, 0.5) is 10.1 Å². The summed E-state index contributed by atoms with van der Waals surface area (Å²) in [7, 11) is 0. The number of nitrogens with one attached hydrogen (secondary N) is 1. The molecule has 0 saturated carbocycles. The van der Waals surface area contributed by atoms with Crippen molar-refractivity contribution >= 4 is 46.8 Å². The Morgan fingerprint density at radius 1 is 1.00 bits per heavy atom. The summed E-state index contributed by atoms with van der Waals surface area (Å²) in [6.07, 6.45) is 0. The Labute approximate surface area is 176 Å². The molecule has 3 amide bonds. The fourth-order valence-corrected chi connectivity index (χ4v) is 4.38. The Bertz CT molecular complexity index is 1010. The van der Waals surface area contributed by atoms with Crippen LogP contribution in [0.2, 0.25) is 5.02 Å². The summed E-state index contributed by atoms with van der Waals surface area (Å²) < 4.78 is 13.2. The normalized spacial score (nSPS) is 16.3. The van der Waals surface area contributed by atoms with E-state index in [-0.39, 0.29) is 28.3 Å². The highest BCUT2D eigenvalue weighted by molar-refractivity contribution is 8.00. The summed E-state index contributed by atoms with van der Waals surface area (Å²) in [5.41, 5.74) is 1.39. The molecule has 0 aliphatic carbocycles. The summed E-state index contributed by atoms with van der Waals surface area (Å²) in [5, 5.41) is 2.86. The maximum Gasteiger partial charge on any atom is 0.255 e. The minimum absolute atomic E-state index is 0.0717. The zero-order valence-corrected chi connectivity index (χ0v) is 16.9. The smallest absolute Gasteiger partial charge is 0.255 e. The van der Waals surface area contributed by atoms with Crippen LogP contribution in [0.3, 0.4) is 0 Å². The molecule has 2 aromatic rings. The second-order valence-electron chi connectivity index (χ2n) is 6.76. The lowest BCUT2D eigenvalue weighted by Crippen LogP contribution is -2.50. The van der Waals surface area contributed by atoms with Gasteiger partial charge >= 0.3 is 0 Å². The lowest BCUT2D eigenvalue weighted by atomic mass is 10.1. The Hall–Kier alpha value is -2.58. The van der Waals surface area contributed by atoms with Crippen LogP contribution in [0.15, 0.2) is 41.3 Å². The number of halogens is 2. The summed E-state index contributed by atoms with van der Waals surface area (Å²) >= 11 is 7.43. The van der Waals surface area contributed by atoms with Crippen molar-refractivity contribution in [1.29, 1.82) is 0 Å². The maximum absolute atomic E-state index is 13.2. The molecular weight excluding hydrogens is 417 g/mol. The van der Waals surface area contributed by atoms with E-state index in [1.54, 1.807) is 21.9 Å². The third-order valence-corrected chi connectivity index (χ3v) is 6.26. The Kier molecular flexibility index (Phi) is 5.47. The van der Waals surface area contributed by atoms with Crippen LogP contribution in [0.25, 0.3) is 0 Å². The van der Waals surface area contributed by atoms with Crippen LogP contribution < -0.4 is 5.32 Å². The fraction of sp³-hybridized carbons (Fsp3) is 0.250. The number of fused-ring (bicyclic) bond motifs is 1. The highest BCUT2D eigenvalue weighted by atomic mass is 35.5. The predicted molar refractivity (Wildman–Crippen MR) is 109 cm³/mol. The van der Waals surface area contributed by atoms with E-state index in [1.807, 2.05) is 6.07 Å². The van der Waals surface area contributed by atoms with Gasteiger partial charge in [-0.25, -0.2) is 4.39 Å². The van der Waals surface area contributed by atoms with E-state index >= 15 is 0 Å². The van der Waals surface area contributed by atoms with E-state index in [2.05, 4.69) is 5.32 Å². The quantitative estimate of drug-likeness (QED) is 0.790. The molecule has 6 nitrogen and oxygen atoms in total. The third-order valence-electron chi connectivity index (χ3n) is 4.88. The number of hydrogen-bond acceptors (Lipinski definition) is 4. The van der Waals surface area contributed by atoms with Crippen LogP contribution in [0.1, 0.15) is 20.7 Å². The van der Waals surface area contributed by atoms with Crippen molar-refractivity contribution in [1.82, 2.24) is 9.80 Å². The first-order chi connectivity index (χ1) is 13.9. The molecule has 4 rings (SSSR count).